The molecule has 0 bridgehead atoms. The third-order valence-corrected chi connectivity index (χ3v) is 4.44. The van der Waals surface area contributed by atoms with Crippen LogP contribution in [0.2, 0.25) is 0 Å². The molecule has 7 heteroatoms. The zero-order valence-corrected chi connectivity index (χ0v) is 17.3. The predicted molar refractivity (Wildman–Crippen MR) is 106 cm³/mol. The second-order valence-electron chi connectivity index (χ2n) is 7.95. The molecule has 0 aromatic heterocycles. The van der Waals surface area contributed by atoms with E-state index in [4.69, 9.17) is 14.2 Å². The van der Waals surface area contributed by atoms with E-state index in [1.807, 2.05) is 45.0 Å². The molecule has 0 unspecified atom stereocenters. The average Bonchev–Trinajstić information content (AvgIpc) is 2.65. The Morgan fingerprint density at radius 1 is 1.18 bits per heavy atom. The molecule has 28 heavy (non-hydrogen) atoms. The molecule has 0 saturated carbocycles. The molecule has 1 aliphatic rings. The van der Waals surface area contributed by atoms with Gasteiger partial charge in [-0.1, -0.05) is 12.1 Å². The fraction of sp³-hybridized carbons (Fsp3) is 0.619. The molecule has 7 nitrogen and oxygen atoms in total. The summed E-state index contributed by atoms with van der Waals surface area (Å²) in [5, 5.41) is 2.99. The van der Waals surface area contributed by atoms with Crippen LogP contribution >= 0.6 is 0 Å². The second kappa shape index (κ2) is 10.3. The van der Waals surface area contributed by atoms with Gasteiger partial charge in [-0.05, 0) is 51.3 Å². The van der Waals surface area contributed by atoms with E-state index in [0.717, 1.165) is 11.3 Å². The van der Waals surface area contributed by atoms with E-state index in [0.29, 0.717) is 45.7 Å². The molecule has 0 aliphatic carbocycles. The Morgan fingerprint density at radius 2 is 1.89 bits per heavy atom. The van der Waals surface area contributed by atoms with E-state index in [2.05, 4.69) is 5.32 Å². The van der Waals surface area contributed by atoms with Crippen LogP contribution in [0.25, 0.3) is 0 Å². The van der Waals surface area contributed by atoms with Gasteiger partial charge in [-0.3, -0.25) is 4.79 Å². The van der Waals surface area contributed by atoms with Gasteiger partial charge in [-0.2, -0.15) is 0 Å². The molecule has 0 atom stereocenters. The Labute approximate surface area is 167 Å². The number of ether oxygens (including phenoxy) is 3. The van der Waals surface area contributed by atoms with Crippen molar-refractivity contribution in [2.24, 2.45) is 5.92 Å². The number of carbonyl (C=O) groups is 2. The maximum Gasteiger partial charge on any atom is 0.410 e. The number of nitrogens with one attached hydrogen (secondary N) is 1. The van der Waals surface area contributed by atoms with Gasteiger partial charge in [0.05, 0.1) is 6.61 Å². The molecule has 2 amide bonds. The Kier molecular flexibility index (Phi) is 8.11. The highest BCUT2D eigenvalue weighted by Gasteiger charge is 2.29. The van der Waals surface area contributed by atoms with Crippen LogP contribution in [0.4, 0.5) is 4.79 Å². The average molecular weight is 392 g/mol. The van der Waals surface area contributed by atoms with E-state index in [9.17, 15) is 9.59 Å². The monoisotopic (exact) mass is 392 g/mol. The van der Waals surface area contributed by atoms with Crippen molar-refractivity contribution in [2.75, 3.05) is 33.4 Å². The van der Waals surface area contributed by atoms with Crippen LogP contribution in [-0.4, -0.2) is 55.9 Å². The number of piperidine rings is 1. The number of hydrogen-bond acceptors (Lipinski definition) is 5. The normalized spacial score (nSPS) is 15.2. The van der Waals surface area contributed by atoms with Crippen LogP contribution in [0.15, 0.2) is 24.3 Å². The first-order valence-electron chi connectivity index (χ1n) is 9.75. The maximum absolute atomic E-state index is 12.5. The van der Waals surface area contributed by atoms with Crippen molar-refractivity contribution < 1.29 is 23.8 Å². The van der Waals surface area contributed by atoms with Gasteiger partial charge in [-0.15, -0.1) is 0 Å². The summed E-state index contributed by atoms with van der Waals surface area (Å²) < 4.78 is 16.0. The van der Waals surface area contributed by atoms with Gasteiger partial charge in [0.2, 0.25) is 5.91 Å². The van der Waals surface area contributed by atoms with Crippen molar-refractivity contribution in [3.63, 3.8) is 0 Å². The first kappa shape index (κ1) is 22.0. The molecule has 1 saturated heterocycles. The molecule has 1 aromatic carbocycles. The molecule has 1 aliphatic heterocycles. The van der Waals surface area contributed by atoms with Crippen molar-refractivity contribution >= 4 is 12.0 Å². The number of carbonyl (C=O) groups excluding carboxylic acids is 2. The van der Waals surface area contributed by atoms with Gasteiger partial charge in [0.1, 0.15) is 18.0 Å². The number of rotatable bonds is 7. The highest BCUT2D eigenvalue weighted by molar-refractivity contribution is 5.79. The summed E-state index contributed by atoms with van der Waals surface area (Å²) >= 11 is 0. The molecular weight excluding hydrogens is 360 g/mol. The van der Waals surface area contributed by atoms with Gasteiger partial charge in [0, 0.05) is 32.7 Å². The molecular formula is C21H32N2O5. The van der Waals surface area contributed by atoms with Crippen molar-refractivity contribution in [1.82, 2.24) is 10.2 Å². The molecule has 2 rings (SSSR count). The minimum absolute atomic E-state index is 0.0227. The summed E-state index contributed by atoms with van der Waals surface area (Å²) in [5.41, 5.74) is 0.474. The number of hydrogen-bond donors (Lipinski definition) is 1. The van der Waals surface area contributed by atoms with Gasteiger partial charge in [-0.25, -0.2) is 4.79 Å². The smallest absolute Gasteiger partial charge is 0.410 e. The van der Waals surface area contributed by atoms with Crippen LogP contribution in [-0.2, 0) is 20.8 Å². The highest BCUT2D eigenvalue weighted by Crippen LogP contribution is 2.20. The van der Waals surface area contributed by atoms with E-state index < -0.39 is 5.60 Å². The summed E-state index contributed by atoms with van der Waals surface area (Å²) in [7, 11) is 1.63. The van der Waals surface area contributed by atoms with Gasteiger partial charge < -0.3 is 24.4 Å². The molecule has 1 N–H and O–H groups in total. The quantitative estimate of drug-likeness (QED) is 0.722. The number of amides is 2. The van der Waals surface area contributed by atoms with Crippen LogP contribution in [0, 0.1) is 5.92 Å². The van der Waals surface area contributed by atoms with Crippen molar-refractivity contribution in [3.05, 3.63) is 29.8 Å². The molecule has 1 heterocycles. The topological polar surface area (TPSA) is 77.1 Å². The van der Waals surface area contributed by atoms with Crippen molar-refractivity contribution in [3.8, 4) is 5.75 Å². The highest BCUT2D eigenvalue weighted by atomic mass is 16.6. The minimum atomic E-state index is -0.507. The fourth-order valence-electron chi connectivity index (χ4n) is 2.97. The largest absolute Gasteiger partial charge is 0.491 e. The third-order valence-electron chi connectivity index (χ3n) is 4.44. The summed E-state index contributed by atoms with van der Waals surface area (Å²) in [6.07, 6.45) is 0.980. The standard InChI is InChI=1S/C21H32N2O5/c1-21(2,3)28-20(25)23-10-8-17(9-11-23)19(24)22-15-16-6-5-7-18(14-16)27-13-12-26-4/h5-7,14,17H,8-13,15H2,1-4H3,(H,22,24). The Morgan fingerprint density at radius 3 is 2.54 bits per heavy atom. The maximum atomic E-state index is 12.5. The zero-order valence-electron chi connectivity index (χ0n) is 17.3. The number of nitrogens with zero attached hydrogens (tertiary/aromatic N) is 1. The summed E-state index contributed by atoms with van der Waals surface area (Å²) in [6, 6.07) is 7.66. The van der Waals surface area contributed by atoms with Crippen molar-refractivity contribution in [1.29, 1.82) is 0 Å². The van der Waals surface area contributed by atoms with Gasteiger partial charge in [0.25, 0.3) is 0 Å². The Bertz CT molecular complexity index is 648. The molecule has 1 fully saturated rings. The lowest BCUT2D eigenvalue weighted by Gasteiger charge is -2.32. The molecule has 0 spiro atoms. The van der Waals surface area contributed by atoms with Crippen LogP contribution < -0.4 is 10.1 Å². The zero-order chi connectivity index (χ0) is 20.6. The number of methoxy groups -OCH3 is 1. The molecule has 0 radical (unpaired) electrons. The first-order chi connectivity index (χ1) is 13.3. The fourth-order valence-corrected chi connectivity index (χ4v) is 2.97. The van der Waals surface area contributed by atoms with E-state index in [1.54, 1.807) is 12.0 Å². The minimum Gasteiger partial charge on any atom is -0.491 e. The number of likely N-dealkylation sites (tertiary alicyclic amines) is 1. The van der Waals surface area contributed by atoms with E-state index >= 15 is 0 Å². The van der Waals surface area contributed by atoms with E-state index in [1.165, 1.54) is 0 Å². The lowest BCUT2D eigenvalue weighted by molar-refractivity contribution is -0.126. The van der Waals surface area contributed by atoms with Gasteiger partial charge in [0.15, 0.2) is 0 Å². The summed E-state index contributed by atoms with van der Waals surface area (Å²) in [5.74, 6) is 0.698. The first-order valence-corrected chi connectivity index (χ1v) is 9.75. The lowest BCUT2D eigenvalue weighted by atomic mass is 9.96. The Balaban J connectivity index is 1.76. The molecule has 1 aromatic rings. The summed E-state index contributed by atoms with van der Waals surface area (Å²) in [6.45, 7) is 8.10. The van der Waals surface area contributed by atoms with Crippen LogP contribution in [0.1, 0.15) is 39.2 Å². The van der Waals surface area contributed by atoms with E-state index in [-0.39, 0.29) is 17.9 Å². The number of benzene rings is 1. The second-order valence-corrected chi connectivity index (χ2v) is 7.95. The lowest BCUT2D eigenvalue weighted by Crippen LogP contribution is -2.44. The molecule has 156 valence electrons. The van der Waals surface area contributed by atoms with Gasteiger partial charge >= 0.3 is 6.09 Å². The van der Waals surface area contributed by atoms with Crippen LogP contribution in [0.5, 0.6) is 5.75 Å². The van der Waals surface area contributed by atoms with Crippen LogP contribution in [0.3, 0.4) is 0 Å². The third kappa shape index (κ3) is 7.38. The SMILES string of the molecule is COCCOc1cccc(CNC(=O)C2CCN(C(=O)OC(C)(C)C)CC2)c1. The Hall–Kier alpha value is -2.28. The van der Waals surface area contributed by atoms with Crippen molar-refractivity contribution in [2.45, 2.75) is 45.8 Å². The predicted octanol–water partition coefficient (Wildman–Crippen LogP) is 2.98. The summed E-state index contributed by atoms with van der Waals surface area (Å²) in [4.78, 5) is 26.3.